The highest BCUT2D eigenvalue weighted by molar-refractivity contribution is 5.68. The van der Waals surface area contributed by atoms with Crippen LogP contribution >= 0.6 is 0 Å². The topological polar surface area (TPSA) is 81.6 Å². The summed E-state index contributed by atoms with van der Waals surface area (Å²) in [4.78, 5) is 13.8. The molecule has 1 aliphatic heterocycles. The minimum Gasteiger partial charge on any atom is -0.444 e. The summed E-state index contributed by atoms with van der Waals surface area (Å²) in [6, 6.07) is 1.73. The molecule has 2 N–H and O–H groups in total. The van der Waals surface area contributed by atoms with Crippen molar-refractivity contribution in [2.24, 2.45) is 0 Å². The second-order valence-electron chi connectivity index (χ2n) is 5.92. The van der Waals surface area contributed by atoms with Gasteiger partial charge in [-0.2, -0.15) is 0 Å². The van der Waals surface area contributed by atoms with Crippen LogP contribution < -0.4 is 5.73 Å². The number of hydrogen-bond donors (Lipinski definition) is 1. The summed E-state index contributed by atoms with van der Waals surface area (Å²) in [5.41, 5.74) is 5.87. The molecule has 1 saturated heterocycles. The maximum absolute atomic E-state index is 12.0. The molecule has 1 aromatic rings. The fourth-order valence-electron chi connectivity index (χ4n) is 2.21. The van der Waals surface area contributed by atoms with Crippen LogP contribution in [0.4, 0.5) is 10.7 Å². The molecule has 19 heavy (non-hydrogen) atoms. The molecule has 2 heterocycles. The zero-order chi connectivity index (χ0) is 14.0. The molecule has 1 amide bonds. The number of aromatic nitrogens is 1. The molecule has 6 heteroatoms. The molecule has 106 valence electrons. The molecule has 2 rings (SSSR count). The Balaban J connectivity index is 1.99. The Bertz CT molecular complexity index is 450. The van der Waals surface area contributed by atoms with Crippen LogP contribution in [0.5, 0.6) is 0 Å². The number of likely N-dealkylation sites (tertiary alicyclic amines) is 1. The SMILES string of the molecule is CC(C)(C)OC(=O)N1CCCC(c2cc(N)on2)C1. The summed E-state index contributed by atoms with van der Waals surface area (Å²) in [6.45, 7) is 6.92. The minimum atomic E-state index is -0.470. The molecule has 0 bridgehead atoms. The Morgan fingerprint density at radius 3 is 2.89 bits per heavy atom. The van der Waals surface area contributed by atoms with Crippen LogP contribution in [0.1, 0.15) is 45.2 Å². The maximum Gasteiger partial charge on any atom is 0.410 e. The first-order chi connectivity index (χ1) is 8.85. The quantitative estimate of drug-likeness (QED) is 0.844. The van der Waals surface area contributed by atoms with E-state index >= 15 is 0 Å². The smallest absolute Gasteiger partial charge is 0.410 e. The van der Waals surface area contributed by atoms with Crippen molar-refractivity contribution in [1.82, 2.24) is 10.1 Å². The molecule has 1 aromatic heterocycles. The Kier molecular flexibility index (Phi) is 3.68. The van der Waals surface area contributed by atoms with Gasteiger partial charge in [-0.1, -0.05) is 5.16 Å². The molecule has 0 saturated carbocycles. The predicted molar refractivity (Wildman–Crippen MR) is 70.7 cm³/mol. The Hall–Kier alpha value is -1.72. The molecule has 1 aliphatic rings. The van der Waals surface area contributed by atoms with E-state index in [1.807, 2.05) is 20.8 Å². The highest BCUT2D eigenvalue weighted by Crippen LogP contribution is 2.27. The average molecular weight is 267 g/mol. The van der Waals surface area contributed by atoms with E-state index in [2.05, 4.69) is 5.16 Å². The third-order valence-electron chi connectivity index (χ3n) is 3.04. The molecule has 1 fully saturated rings. The van der Waals surface area contributed by atoms with Gasteiger partial charge in [0, 0.05) is 25.1 Å². The molecule has 1 atom stereocenters. The minimum absolute atomic E-state index is 0.169. The zero-order valence-corrected chi connectivity index (χ0v) is 11.7. The number of amides is 1. The Morgan fingerprint density at radius 2 is 2.32 bits per heavy atom. The number of nitrogens with zero attached hydrogens (tertiary/aromatic N) is 2. The van der Waals surface area contributed by atoms with Crippen LogP contribution in [-0.2, 0) is 4.74 Å². The van der Waals surface area contributed by atoms with Gasteiger partial charge in [0.05, 0.1) is 5.69 Å². The number of rotatable bonds is 1. The van der Waals surface area contributed by atoms with Gasteiger partial charge in [0.25, 0.3) is 0 Å². The highest BCUT2D eigenvalue weighted by Gasteiger charge is 2.29. The average Bonchev–Trinajstić information content (AvgIpc) is 2.74. The molecular weight excluding hydrogens is 246 g/mol. The summed E-state index contributed by atoms with van der Waals surface area (Å²) < 4.78 is 10.3. The van der Waals surface area contributed by atoms with Crippen LogP contribution in [0.2, 0.25) is 0 Å². The van der Waals surface area contributed by atoms with Crippen molar-refractivity contribution < 1.29 is 14.1 Å². The summed E-state index contributed by atoms with van der Waals surface area (Å²) in [5, 5.41) is 3.93. The Labute approximate surface area is 112 Å². The number of anilines is 1. The van der Waals surface area contributed by atoms with E-state index in [1.54, 1.807) is 11.0 Å². The van der Waals surface area contributed by atoms with Crippen molar-refractivity contribution in [3.63, 3.8) is 0 Å². The molecule has 0 radical (unpaired) electrons. The van der Waals surface area contributed by atoms with E-state index in [-0.39, 0.29) is 12.0 Å². The monoisotopic (exact) mass is 267 g/mol. The van der Waals surface area contributed by atoms with Crippen molar-refractivity contribution >= 4 is 12.0 Å². The first-order valence-corrected chi connectivity index (χ1v) is 6.55. The first kappa shape index (κ1) is 13.7. The number of carbonyl (C=O) groups excluding carboxylic acids is 1. The van der Waals surface area contributed by atoms with Crippen molar-refractivity contribution in [2.45, 2.75) is 45.1 Å². The number of nitrogens with two attached hydrogens (primary N) is 1. The molecule has 0 spiro atoms. The Morgan fingerprint density at radius 1 is 1.58 bits per heavy atom. The van der Waals surface area contributed by atoms with Gasteiger partial charge in [-0.3, -0.25) is 0 Å². The van der Waals surface area contributed by atoms with Gasteiger partial charge in [0.15, 0.2) is 0 Å². The zero-order valence-electron chi connectivity index (χ0n) is 11.7. The summed E-state index contributed by atoms with van der Waals surface area (Å²) in [7, 11) is 0. The van der Waals surface area contributed by atoms with Crippen LogP contribution in [-0.4, -0.2) is 34.8 Å². The van der Waals surface area contributed by atoms with E-state index < -0.39 is 5.60 Å². The summed E-state index contributed by atoms with van der Waals surface area (Å²) in [5.74, 6) is 0.478. The van der Waals surface area contributed by atoms with E-state index in [0.29, 0.717) is 12.4 Å². The van der Waals surface area contributed by atoms with E-state index in [1.165, 1.54) is 0 Å². The van der Waals surface area contributed by atoms with Crippen LogP contribution in [0.3, 0.4) is 0 Å². The van der Waals surface area contributed by atoms with E-state index in [4.69, 9.17) is 15.0 Å². The van der Waals surface area contributed by atoms with Gasteiger partial charge in [0.1, 0.15) is 5.60 Å². The second-order valence-corrected chi connectivity index (χ2v) is 5.92. The van der Waals surface area contributed by atoms with Gasteiger partial charge < -0.3 is 19.9 Å². The fraction of sp³-hybridized carbons (Fsp3) is 0.692. The maximum atomic E-state index is 12.0. The van der Waals surface area contributed by atoms with Gasteiger partial charge in [-0.25, -0.2) is 4.79 Å². The standard InChI is InChI=1S/C13H21N3O3/c1-13(2,3)18-12(17)16-6-4-5-9(8-16)10-7-11(14)19-15-10/h7,9H,4-6,8,14H2,1-3H3. The first-order valence-electron chi connectivity index (χ1n) is 6.55. The van der Waals surface area contributed by atoms with E-state index in [9.17, 15) is 4.79 Å². The van der Waals surface area contributed by atoms with Crippen LogP contribution in [0.15, 0.2) is 10.6 Å². The van der Waals surface area contributed by atoms with Gasteiger partial charge in [-0.15, -0.1) is 0 Å². The van der Waals surface area contributed by atoms with Crippen molar-refractivity contribution in [2.75, 3.05) is 18.8 Å². The molecular formula is C13H21N3O3. The van der Waals surface area contributed by atoms with E-state index in [0.717, 1.165) is 25.1 Å². The molecule has 1 unspecified atom stereocenters. The largest absolute Gasteiger partial charge is 0.444 e. The van der Waals surface area contributed by atoms with Gasteiger partial charge in [-0.05, 0) is 33.6 Å². The lowest BCUT2D eigenvalue weighted by molar-refractivity contribution is 0.0196. The lowest BCUT2D eigenvalue weighted by Gasteiger charge is -2.33. The molecule has 0 aliphatic carbocycles. The van der Waals surface area contributed by atoms with Crippen molar-refractivity contribution in [1.29, 1.82) is 0 Å². The number of nitrogen functional groups attached to an aromatic ring is 1. The van der Waals surface area contributed by atoms with Crippen LogP contribution in [0.25, 0.3) is 0 Å². The number of carbonyl (C=O) groups is 1. The number of hydrogen-bond acceptors (Lipinski definition) is 5. The number of ether oxygens (including phenoxy) is 1. The van der Waals surface area contributed by atoms with Gasteiger partial charge >= 0.3 is 6.09 Å². The van der Waals surface area contributed by atoms with Crippen molar-refractivity contribution in [3.8, 4) is 0 Å². The van der Waals surface area contributed by atoms with Crippen molar-refractivity contribution in [3.05, 3.63) is 11.8 Å². The van der Waals surface area contributed by atoms with Crippen LogP contribution in [0, 0.1) is 0 Å². The second kappa shape index (κ2) is 5.11. The lowest BCUT2D eigenvalue weighted by atomic mass is 9.95. The molecule has 0 aromatic carbocycles. The van der Waals surface area contributed by atoms with Gasteiger partial charge in [0.2, 0.25) is 5.88 Å². The summed E-state index contributed by atoms with van der Waals surface area (Å²) in [6.07, 6.45) is 1.63. The third kappa shape index (κ3) is 3.62. The third-order valence-corrected chi connectivity index (χ3v) is 3.04. The molecule has 6 nitrogen and oxygen atoms in total. The lowest BCUT2D eigenvalue weighted by Crippen LogP contribution is -2.42. The normalized spacial score (nSPS) is 20.4. The summed E-state index contributed by atoms with van der Waals surface area (Å²) >= 11 is 0. The highest BCUT2D eigenvalue weighted by atomic mass is 16.6. The fourth-order valence-corrected chi connectivity index (χ4v) is 2.21. The predicted octanol–water partition coefficient (Wildman–Crippen LogP) is 2.37. The number of piperidine rings is 1.